The number of para-hydroxylation sites is 1. The Morgan fingerprint density at radius 3 is 2.65 bits per heavy atom. The topological polar surface area (TPSA) is 38.3 Å². The van der Waals surface area contributed by atoms with Crippen molar-refractivity contribution in [1.82, 2.24) is 0 Å². The molecule has 1 aromatic rings. The summed E-state index contributed by atoms with van der Waals surface area (Å²) in [6.07, 6.45) is 2.03. The van der Waals surface area contributed by atoms with E-state index in [4.69, 9.17) is 4.74 Å². The van der Waals surface area contributed by atoms with Crippen LogP contribution in [0.3, 0.4) is 0 Å². The van der Waals surface area contributed by atoms with E-state index in [2.05, 4.69) is 11.4 Å². The maximum atomic E-state index is 11.5. The van der Waals surface area contributed by atoms with Gasteiger partial charge >= 0.3 is 5.97 Å². The zero-order valence-electron chi connectivity index (χ0n) is 10.7. The van der Waals surface area contributed by atoms with Gasteiger partial charge in [0.1, 0.15) is 0 Å². The average Bonchev–Trinajstić information content (AvgIpc) is 2.35. The minimum absolute atomic E-state index is 0.202. The number of ether oxygens (including phenoxy) is 1. The highest BCUT2D eigenvalue weighted by molar-refractivity contribution is 7.98. The number of esters is 1. The fraction of sp³-hybridized carbons (Fsp3) is 0.462. The molecule has 0 aliphatic heterocycles. The molecule has 94 valence electrons. The molecular weight excluding hydrogens is 234 g/mol. The molecule has 1 rings (SSSR count). The van der Waals surface area contributed by atoms with Crippen molar-refractivity contribution in [1.29, 1.82) is 0 Å². The normalized spacial score (nSPS) is 11.1. The Morgan fingerprint density at radius 1 is 1.41 bits per heavy atom. The Bertz CT molecular complexity index is 391. The van der Waals surface area contributed by atoms with Crippen LogP contribution < -0.4 is 5.32 Å². The minimum Gasteiger partial charge on any atom is -0.469 e. The first kappa shape index (κ1) is 13.9. The lowest BCUT2D eigenvalue weighted by atomic mass is 9.93. The van der Waals surface area contributed by atoms with Crippen molar-refractivity contribution < 1.29 is 9.53 Å². The van der Waals surface area contributed by atoms with Crippen LogP contribution in [0.5, 0.6) is 0 Å². The number of anilines is 1. The number of nitrogens with one attached hydrogen (secondary N) is 1. The molecule has 1 aromatic carbocycles. The fourth-order valence-electron chi connectivity index (χ4n) is 1.46. The van der Waals surface area contributed by atoms with Gasteiger partial charge in [-0.3, -0.25) is 4.79 Å². The van der Waals surface area contributed by atoms with Crippen molar-refractivity contribution >= 4 is 23.4 Å². The van der Waals surface area contributed by atoms with Gasteiger partial charge < -0.3 is 10.1 Å². The third-order valence-corrected chi connectivity index (χ3v) is 3.36. The number of methoxy groups -OCH3 is 1. The Hall–Kier alpha value is -1.16. The number of thioether (sulfide) groups is 1. The van der Waals surface area contributed by atoms with Crippen LogP contribution in [0.1, 0.15) is 13.8 Å². The molecule has 0 aliphatic carbocycles. The lowest BCUT2D eigenvalue weighted by molar-refractivity contribution is -0.149. The molecule has 0 radical (unpaired) electrons. The van der Waals surface area contributed by atoms with E-state index in [1.165, 1.54) is 12.0 Å². The molecule has 17 heavy (non-hydrogen) atoms. The zero-order valence-corrected chi connectivity index (χ0v) is 11.6. The molecule has 0 saturated heterocycles. The van der Waals surface area contributed by atoms with Gasteiger partial charge in [0.2, 0.25) is 0 Å². The molecule has 0 spiro atoms. The van der Waals surface area contributed by atoms with Crippen molar-refractivity contribution in [2.45, 2.75) is 18.7 Å². The van der Waals surface area contributed by atoms with E-state index in [1.54, 1.807) is 11.8 Å². The van der Waals surface area contributed by atoms with E-state index in [-0.39, 0.29) is 5.97 Å². The van der Waals surface area contributed by atoms with E-state index >= 15 is 0 Å². The first-order valence-corrected chi connectivity index (χ1v) is 6.69. The molecule has 0 amide bonds. The summed E-state index contributed by atoms with van der Waals surface area (Å²) in [7, 11) is 1.42. The van der Waals surface area contributed by atoms with Crippen LogP contribution in [-0.4, -0.2) is 25.9 Å². The molecule has 0 fully saturated rings. The lowest BCUT2D eigenvalue weighted by Crippen LogP contribution is -2.33. The number of hydrogen-bond donors (Lipinski definition) is 1. The first-order valence-electron chi connectivity index (χ1n) is 5.46. The molecule has 1 N–H and O–H groups in total. The van der Waals surface area contributed by atoms with Crippen LogP contribution in [0.15, 0.2) is 29.2 Å². The van der Waals surface area contributed by atoms with E-state index < -0.39 is 5.41 Å². The minimum atomic E-state index is -0.528. The van der Waals surface area contributed by atoms with Gasteiger partial charge in [0, 0.05) is 17.1 Å². The van der Waals surface area contributed by atoms with E-state index in [1.807, 2.05) is 38.3 Å². The van der Waals surface area contributed by atoms with E-state index in [9.17, 15) is 4.79 Å². The molecule has 0 heterocycles. The summed E-state index contributed by atoms with van der Waals surface area (Å²) >= 11 is 1.68. The van der Waals surface area contributed by atoms with Gasteiger partial charge in [-0.1, -0.05) is 12.1 Å². The molecule has 0 aromatic heterocycles. The van der Waals surface area contributed by atoms with Gasteiger partial charge in [-0.05, 0) is 32.2 Å². The van der Waals surface area contributed by atoms with Crippen LogP contribution in [0, 0.1) is 5.41 Å². The fourth-order valence-corrected chi connectivity index (χ4v) is 2.03. The quantitative estimate of drug-likeness (QED) is 0.646. The smallest absolute Gasteiger partial charge is 0.313 e. The highest BCUT2D eigenvalue weighted by Crippen LogP contribution is 2.26. The largest absolute Gasteiger partial charge is 0.469 e. The van der Waals surface area contributed by atoms with Crippen molar-refractivity contribution in [2.75, 3.05) is 25.2 Å². The maximum absolute atomic E-state index is 11.5. The van der Waals surface area contributed by atoms with E-state index in [0.717, 1.165) is 5.69 Å². The SMILES string of the molecule is COC(=O)C(C)(C)CNc1ccccc1SC. The highest BCUT2D eigenvalue weighted by Gasteiger charge is 2.28. The third kappa shape index (κ3) is 3.66. The Balaban J connectivity index is 2.70. The Kier molecular flexibility index (Phi) is 4.87. The monoisotopic (exact) mass is 253 g/mol. The van der Waals surface area contributed by atoms with Crippen LogP contribution in [-0.2, 0) is 9.53 Å². The summed E-state index contributed by atoms with van der Waals surface area (Å²) < 4.78 is 4.78. The molecule has 4 heteroatoms. The van der Waals surface area contributed by atoms with E-state index in [0.29, 0.717) is 6.54 Å². The van der Waals surface area contributed by atoms with Gasteiger partial charge in [0.15, 0.2) is 0 Å². The van der Waals surface area contributed by atoms with Gasteiger partial charge in [-0.25, -0.2) is 0 Å². The van der Waals surface area contributed by atoms with Crippen LogP contribution in [0.2, 0.25) is 0 Å². The number of hydrogen-bond acceptors (Lipinski definition) is 4. The third-order valence-electron chi connectivity index (χ3n) is 2.57. The van der Waals surface area contributed by atoms with Gasteiger partial charge in [-0.2, -0.15) is 0 Å². The molecule has 3 nitrogen and oxygen atoms in total. The second kappa shape index (κ2) is 5.96. The summed E-state index contributed by atoms with van der Waals surface area (Å²) in [4.78, 5) is 12.7. The summed E-state index contributed by atoms with van der Waals surface area (Å²) in [5.74, 6) is -0.202. The van der Waals surface area contributed by atoms with Crippen LogP contribution >= 0.6 is 11.8 Å². The summed E-state index contributed by atoms with van der Waals surface area (Å²) in [5.41, 5.74) is 0.525. The van der Waals surface area contributed by atoms with Gasteiger partial charge in [0.25, 0.3) is 0 Å². The molecule has 0 saturated carbocycles. The molecular formula is C13H19NO2S. The van der Waals surface area contributed by atoms with Gasteiger partial charge in [-0.15, -0.1) is 11.8 Å². The predicted octanol–water partition coefficient (Wildman–Crippen LogP) is 3.02. The molecule has 0 atom stereocenters. The summed E-state index contributed by atoms with van der Waals surface area (Å²) in [5, 5.41) is 3.30. The second-order valence-corrected chi connectivity index (χ2v) is 5.28. The van der Waals surface area contributed by atoms with Crippen molar-refractivity contribution in [3.63, 3.8) is 0 Å². The second-order valence-electron chi connectivity index (χ2n) is 4.43. The Labute approximate surface area is 107 Å². The summed E-state index contributed by atoms with van der Waals surface area (Å²) in [6, 6.07) is 8.05. The predicted molar refractivity (Wildman–Crippen MR) is 72.5 cm³/mol. The number of carbonyl (C=O) groups excluding carboxylic acids is 1. The maximum Gasteiger partial charge on any atom is 0.313 e. The molecule has 0 unspecified atom stereocenters. The molecule has 0 bridgehead atoms. The number of rotatable bonds is 5. The van der Waals surface area contributed by atoms with Crippen LogP contribution in [0.25, 0.3) is 0 Å². The highest BCUT2D eigenvalue weighted by atomic mass is 32.2. The number of benzene rings is 1. The standard InChI is InChI=1S/C13H19NO2S/c1-13(2,12(15)16-3)9-14-10-7-5-6-8-11(10)17-4/h5-8,14H,9H2,1-4H3. The Morgan fingerprint density at radius 2 is 2.06 bits per heavy atom. The number of carbonyl (C=O) groups is 1. The van der Waals surface area contributed by atoms with Crippen molar-refractivity contribution in [3.8, 4) is 0 Å². The first-order chi connectivity index (χ1) is 8.01. The van der Waals surface area contributed by atoms with Crippen LogP contribution in [0.4, 0.5) is 5.69 Å². The van der Waals surface area contributed by atoms with Gasteiger partial charge in [0.05, 0.1) is 12.5 Å². The lowest BCUT2D eigenvalue weighted by Gasteiger charge is -2.23. The molecule has 0 aliphatic rings. The van der Waals surface area contributed by atoms with Crippen molar-refractivity contribution in [2.24, 2.45) is 5.41 Å². The zero-order chi connectivity index (χ0) is 12.9. The van der Waals surface area contributed by atoms with Crippen molar-refractivity contribution in [3.05, 3.63) is 24.3 Å². The average molecular weight is 253 g/mol. The summed E-state index contributed by atoms with van der Waals surface area (Å²) in [6.45, 7) is 4.29.